The second kappa shape index (κ2) is 9.22. The van der Waals surface area contributed by atoms with E-state index in [1.165, 1.54) is 0 Å². The number of benzene rings is 2. The van der Waals surface area contributed by atoms with Crippen LogP contribution in [0.1, 0.15) is 76.0 Å². The molecule has 1 saturated heterocycles. The van der Waals surface area contributed by atoms with Crippen LogP contribution in [0.15, 0.2) is 42.6 Å². The van der Waals surface area contributed by atoms with Crippen LogP contribution in [0.2, 0.25) is 0 Å². The van der Waals surface area contributed by atoms with Gasteiger partial charge in [0, 0.05) is 23.8 Å². The monoisotopic (exact) mass is 463 g/mol. The lowest BCUT2D eigenvalue weighted by Crippen LogP contribution is -2.43. The fourth-order valence-electron chi connectivity index (χ4n) is 4.29. The molecular weight excluding hydrogens is 430 g/mol. The van der Waals surface area contributed by atoms with Crippen LogP contribution in [0.25, 0.3) is 22.0 Å². The molecule has 0 radical (unpaired) electrons. The van der Waals surface area contributed by atoms with E-state index in [0.29, 0.717) is 5.56 Å². The quantitative estimate of drug-likeness (QED) is 0.471. The highest BCUT2D eigenvalue weighted by Gasteiger charge is 2.26. The molecule has 34 heavy (non-hydrogen) atoms. The summed E-state index contributed by atoms with van der Waals surface area (Å²) in [5, 5.41) is 8.41. The fraction of sp³-hybridized carbons (Fsp3) is 0.444. The summed E-state index contributed by atoms with van der Waals surface area (Å²) in [6.07, 6.45) is 5.37. The molecule has 1 fully saturated rings. The van der Waals surface area contributed by atoms with E-state index in [4.69, 9.17) is 9.47 Å². The lowest BCUT2D eigenvalue weighted by atomic mass is 9.91. The number of carbonyl (C=O) groups is 2. The molecule has 7 nitrogen and oxygen atoms in total. The van der Waals surface area contributed by atoms with Crippen molar-refractivity contribution in [2.24, 2.45) is 0 Å². The van der Waals surface area contributed by atoms with Crippen molar-refractivity contribution in [3.8, 4) is 11.1 Å². The third-order valence-corrected chi connectivity index (χ3v) is 6.05. The van der Waals surface area contributed by atoms with Crippen molar-refractivity contribution in [1.29, 1.82) is 0 Å². The van der Waals surface area contributed by atoms with Gasteiger partial charge in [0.05, 0.1) is 11.1 Å². The van der Waals surface area contributed by atoms with Gasteiger partial charge in [-0.2, -0.15) is 5.10 Å². The highest BCUT2D eigenvalue weighted by Crippen LogP contribution is 2.32. The van der Waals surface area contributed by atoms with E-state index < -0.39 is 17.2 Å². The SMILES string of the molecule is CC(C)(C)OC(=O)NC(C)(C)c1ccc(-c2ccc3nn(C4CCCCO4)cc3c2C=O)cc1. The molecule has 1 aliphatic heterocycles. The van der Waals surface area contributed by atoms with Crippen LogP contribution < -0.4 is 5.32 Å². The first-order chi connectivity index (χ1) is 16.1. The summed E-state index contributed by atoms with van der Waals surface area (Å²) in [7, 11) is 0. The van der Waals surface area contributed by atoms with E-state index in [9.17, 15) is 9.59 Å². The standard InChI is InChI=1S/C27H33N3O4/c1-26(2,3)34-25(32)28-27(4,5)19-11-9-18(10-12-19)20-13-14-23-21(22(20)17-31)16-30(29-23)24-8-6-7-15-33-24/h9-14,16-17,24H,6-8,15H2,1-5H3,(H,28,32). The van der Waals surface area contributed by atoms with Crippen LogP contribution in [0.3, 0.4) is 0 Å². The van der Waals surface area contributed by atoms with Crippen molar-refractivity contribution in [3.63, 3.8) is 0 Å². The Hall–Kier alpha value is -3.19. The average Bonchev–Trinajstić information content (AvgIpc) is 3.22. The molecule has 1 aromatic heterocycles. The van der Waals surface area contributed by atoms with E-state index in [-0.39, 0.29) is 6.23 Å². The van der Waals surface area contributed by atoms with Crippen molar-refractivity contribution in [2.45, 2.75) is 71.2 Å². The zero-order valence-corrected chi connectivity index (χ0v) is 20.6. The molecular formula is C27H33N3O4. The van der Waals surface area contributed by atoms with Gasteiger partial charge in [-0.3, -0.25) is 4.79 Å². The topological polar surface area (TPSA) is 82.4 Å². The minimum absolute atomic E-state index is 0.0805. The number of aldehydes is 1. The Morgan fingerprint density at radius 3 is 2.47 bits per heavy atom. The number of nitrogens with zero attached hydrogens (tertiary/aromatic N) is 2. The summed E-state index contributed by atoms with van der Waals surface area (Å²) in [6.45, 7) is 10.1. The van der Waals surface area contributed by atoms with Gasteiger partial charge in [0.25, 0.3) is 0 Å². The Balaban J connectivity index is 1.60. The maximum absolute atomic E-state index is 12.3. The molecule has 1 N–H and O–H groups in total. The summed E-state index contributed by atoms with van der Waals surface area (Å²) in [5.41, 5.74) is 2.89. The molecule has 180 valence electrons. The number of rotatable bonds is 5. The summed E-state index contributed by atoms with van der Waals surface area (Å²) >= 11 is 0. The Labute approximate surface area is 200 Å². The number of hydrogen-bond acceptors (Lipinski definition) is 5. The molecule has 0 aliphatic carbocycles. The van der Waals surface area contributed by atoms with Crippen molar-refractivity contribution in [3.05, 3.63) is 53.7 Å². The van der Waals surface area contributed by atoms with E-state index in [2.05, 4.69) is 10.4 Å². The van der Waals surface area contributed by atoms with Crippen LogP contribution in [0, 0.1) is 0 Å². The maximum atomic E-state index is 12.3. The normalized spacial score (nSPS) is 16.9. The first kappa shape index (κ1) is 24.0. The predicted molar refractivity (Wildman–Crippen MR) is 132 cm³/mol. The second-order valence-electron chi connectivity index (χ2n) is 10.3. The zero-order valence-electron chi connectivity index (χ0n) is 20.6. The first-order valence-electron chi connectivity index (χ1n) is 11.8. The molecule has 0 spiro atoms. The number of aromatic nitrogens is 2. The lowest BCUT2D eigenvalue weighted by Gasteiger charge is -2.29. The Kier molecular flexibility index (Phi) is 6.49. The van der Waals surface area contributed by atoms with Gasteiger partial charge in [0.2, 0.25) is 0 Å². The molecule has 1 aliphatic rings. The van der Waals surface area contributed by atoms with Crippen LogP contribution >= 0.6 is 0 Å². The van der Waals surface area contributed by atoms with Crippen LogP contribution in [0.5, 0.6) is 0 Å². The maximum Gasteiger partial charge on any atom is 0.408 e. The van der Waals surface area contributed by atoms with Crippen LogP contribution in [-0.2, 0) is 15.0 Å². The number of nitrogens with one attached hydrogen (secondary N) is 1. The third-order valence-electron chi connectivity index (χ3n) is 6.05. The van der Waals surface area contributed by atoms with E-state index in [0.717, 1.165) is 59.7 Å². The summed E-state index contributed by atoms with van der Waals surface area (Å²) in [4.78, 5) is 24.4. The van der Waals surface area contributed by atoms with Gasteiger partial charge in [-0.25, -0.2) is 9.48 Å². The molecule has 2 heterocycles. The van der Waals surface area contributed by atoms with E-state index in [1.54, 1.807) is 0 Å². The molecule has 1 unspecified atom stereocenters. The summed E-state index contributed by atoms with van der Waals surface area (Å²) < 4.78 is 13.1. The fourth-order valence-corrected chi connectivity index (χ4v) is 4.29. The lowest BCUT2D eigenvalue weighted by molar-refractivity contribution is -0.0390. The number of alkyl carbamates (subject to hydrolysis) is 1. The van der Waals surface area contributed by atoms with Crippen molar-refractivity contribution >= 4 is 23.3 Å². The van der Waals surface area contributed by atoms with Gasteiger partial charge >= 0.3 is 6.09 Å². The largest absolute Gasteiger partial charge is 0.444 e. The molecule has 2 aromatic carbocycles. The summed E-state index contributed by atoms with van der Waals surface area (Å²) in [6, 6.07) is 11.7. The van der Waals surface area contributed by atoms with Crippen molar-refractivity contribution in [2.75, 3.05) is 6.61 Å². The van der Waals surface area contributed by atoms with Crippen LogP contribution in [-0.4, -0.2) is 34.4 Å². The van der Waals surface area contributed by atoms with Crippen molar-refractivity contribution in [1.82, 2.24) is 15.1 Å². The smallest absolute Gasteiger partial charge is 0.408 e. The minimum Gasteiger partial charge on any atom is -0.444 e. The van der Waals surface area contributed by atoms with Gasteiger partial charge in [-0.15, -0.1) is 0 Å². The highest BCUT2D eigenvalue weighted by molar-refractivity contribution is 6.03. The molecule has 0 saturated carbocycles. The number of carbonyl (C=O) groups excluding carboxylic acids is 2. The molecule has 4 rings (SSSR count). The number of fused-ring (bicyclic) bond motifs is 1. The highest BCUT2D eigenvalue weighted by atomic mass is 16.6. The van der Waals surface area contributed by atoms with Crippen LogP contribution in [0.4, 0.5) is 4.79 Å². The molecule has 1 amide bonds. The van der Waals surface area contributed by atoms with Gasteiger partial charge in [0.1, 0.15) is 11.8 Å². The zero-order chi connectivity index (χ0) is 24.5. The molecule has 1 atom stereocenters. The van der Waals surface area contributed by atoms with Crippen molar-refractivity contribution < 1.29 is 19.1 Å². The number of ether oxygens (including phenoxy) is 2. The number of hydrogen-bond donors (Lipinski definition) is 1. The average molecular weight is 464 g/mol. The van der Waals surface area contributed by atoms with Gasteiger partial charge in [0.15, 0.2) is 6.29 Å². The Morgan fingerprint density at radius 2 is 1.85 bits per heavy atom. The Bertz CT molecular complexity index is 1180. The molecule has 7 heteroatoms. The first-order valence-corrected chi connectivity index (χ1v) is 11.8. The summed E-state index contributed by atoms with van der Waals surface area (Å²) in [5.74, 6) is 0. The van der Waals surface area contributed by atoms with Gasteiger partial charge < -0.3 is 14.8 Å². The number of amides is 1. The molecule has 3 aromatic rings. The van der Waals surface area contributed by atoms with Gasteiger partial charge in [-0.05, 0) is 76.6 Å². The molecule has 0 bridgehead atoms. The van der Waals surface area contributed by atoms with Gasteiger partial charge in [-0.1, -0.05) is 30.3 Å². The predicted octanol–water partition coefficient (Wildman–Crippen LogP) is 5.97. The third kappa shape index (κ3) is 5.14. The minimum atomic E-state index is -0.626. The van der Waals surface area contributed by atoms with E-state index in [1.807, 2.05) is 81.9 Å². The second-order valence-corrected chi connectivity index (χ2v) is 10.3. The van der Waals surface area contributed by atoms with E-state index >= 15 is 0 Å². The Morgan fingerprint density at radius 1 is 1.12 bits per heavy atom.